The molecule has 0 saturated heterocycles. The van der Waals surface area contributed by atoms with Gasteiger partial charge in [0.2, 0.25) is 0 Å². The van der Waals surface area contributed by atoms with Gasteiger partial charge in [0.1, 0.15) is 12.2 Å². The molecule has 3 fully saturated rings. The van der Waals surface area contributed by atoms with E-state index in [0.717, 1.165) is 67.8 Å². The second kappa shape index (κ2) is 9.36. The lowest BCUT2D eigenvalue weighted by Crippen LogP contribution is -2.45. The number of esters is 2. The molecule has 0 aromatic heterocycles. The van der Waals surface area contributed by atoms with Crippen LogP contribution in [0.4, 0.5) is 26.3 Å². The number of hydrogen-bond acceptors (Lipinski definition) is 4. The first kappa shape index (κ1) is 25.6. The zero-order chi connectivity index (χ0) is 26.5. The highest BCUT2D eigenvalue weighted by Gasteiger charge is 2.53. The first-order valence-electron chi connectivity index (χ1n) is 12.2. The molecule has 0 spiro atoms. The minimum atomic E-state index is -4.54. The van der Waals surface area contributed by atoms with Crippen molar-refractivity contribution in [2.75, 3.05) is 0 Å². The molecule has 0 aliphatic heterocycles. The molecule has 37 heavy (non-hydrogen) atoms. The van der Waals surface area contributed by atoms with Crippen molar-refractivity contribution >= 4 is 11.9 Å². The number of alkyl halides is 6. The van der Waals surface area contributed by atoms with E-state index < -0.39 is 47.6 Å². The molecule has 198 valence electrons. The van der Waals surface area contributed by atoms with Crippen molar-refractivity contribution in [3.8, 4) is 0 Å². The van der Waals surface area contributed by atoms with Crippen molar-refractivity contribution in [3.05, 3.63) is 70.8 Å². The zero-order valence-electron chi connectivity index (χ0n) is 19.5. The Morgan fingerprint density at radius 2 is 0.946 bits per heavy atom. The van der Waals surface area contributed by atoms with Crippen LogP contribution >= 0.6 is 0 Å². The number of carbonyl (C=O) groups is 2. The average molecular weight is 526 g/mol. The van der Waals surface area contributed by atoms with E-state index >= 15 is 0 Å². The van der Waals surface area contributed by atoms with Gasteiger partial charge in [0.05, 0.1) is 22.3 Å². The molecule has 0 heterocycles. The normalized spacial score (nSPS) is 29.0. The van der Waals surface area contributed by atoms with Crippen molar-refractivity contribution in [1.29, 1.82) is 0 Å². The summed E-state index contributed by atoms with van der Waals surface area (Å²) < 4.78 is 88.6. The Hall–Kier alpha value is -3.04. The number of carbonyl (C=O) groups excluding carboxylic acids is 2. The zero-order valence-corrected chi connectivity index (χ0v) is 19.5. The highest BCUT2D eigenvalue weighted by Crippen LogP contribution is 2.58. The van der Waals surface area contributed by atoms with E-state index in [1.807, 2.05) is 0 Å². The fourth-order valence-corrected chi connectivity index (χ4v) is 6.35. The quantitative estimate of drug-likeness (QED) is 0.320. The summed E-state index contributed by atoms with van der Waals surface area (Å²) in [4.78, 5) is 25.6. The van der Waals surface area contributed by atoms with E-state index in [1.54, 1.807) is 0 Å². The van der Waals surface area contributed by atoms with Crippen molar-refractivity contribution in [2.45, 2.75) is 56.7 Å². The highest BCUT2D eigenvalue weighted by molar-refractivity contribution is 5.90. The lowest BCUT2D eigenvalue weighted by atomic mass is 9.69. The van der Waals surface area contributed by atoms with Gasteiger partial charge in [-0.3, -0.25) is 0 Å². The molecule has 3 saturated carbocycles. The molecule has 0 N–H and O–H groups in total. The summed E-state index contributed by atoms with van der Waals surface area (Å²) in [5, 5.41) is 0. The lowest BCUT2D eigenvalue weighted by Gasteiger charge is -2.42. The Labute approximate surface area is 208 Å². The number of halogens is 6. The van der Waals surface area contributed by atoms with Crippen LogP contribution in [-0.2, 0) is 21.8 Å². The maximum Gasteiger partial charge on any atom is 0.416 e. The second-order valence-corrected chi connectivity index (χ2v) is 10.2. The van der Waals surface area contributed by atoms with Gasteiger partial charge in [0, 0.05) is 0 Å². The van der Waals surface area contributed by atoms with E-state index in [9.17, 15) is 35.9 Å². The maximum atomic E-state index is 12.9. The number of ether oxygens (including phenoxy) is 2. The molecule has 0 amide bonds. The predicted octanol–water partition coefficient (Wildman–Crippen LogP) is 6.93. The van der Waals surface area contributed by atoms with Gasteiger partial charge in [-0.25, -0.2) is 9.59 Å². The number of hydrogen-bond donors (Lipinski definition) is 0. The fraction of sp³-hybridized carbons (Fsp3) is 0.481. The van der Waals surface area contributed by atoms with Crippen LogP contribution < -0.4 is 0 Å². The van der Waals surface area contributed by atoms with E-state index in [1.165, 1.54) is 0 Å². The number of fused-ring (bicyclic) bond motifs is 5. The average Bonchev–Trinajstić information content (AvgIpc) is 3.46. The summed E-state index contributed by atoms with van der Waals surface area (Å²) >= 11 is 0. The van der Waals surface area contributed by atoms with Gasteiger partial charge in [-0.05, 0) is 104 Å². The predicted molar refractivity (Wildman–Crippen MR) is 118 cm³/mol. The standard InChI is InChI=1S/C27H24F6O4/c28-26(29,30)18-7-3-14(4-8-18)24(34)36-22-12-20-16-1-2-17(11-16)21(20)13-23(22)37-25(35)15-5-9-19(10-6-15)27(31,32)33/h3-10,16-17,20-23H,1-2,11-13H2. The smallest absolute Gasteiger partial charge is 0.416 e. The van der Waals surface area contributed by atoms with Crippen molar-refractivity contribution < 1.29 is 45.4 Å². The Kier molecular flexibility index (Phi) is 6.48. The third-order valence-corrected chi connectivity index (χ3v) is 8.11. The van der Waals surface area contributed by atoms with E-state index in [2.05, 4.69) is 0 Å². The summed E-state index contributed by atoms with van der Waals surface area (Å²) in [5.41, 5.74) is -1.91. The number of rotatable bonds is 4. The Morgan fingerprint density at radius 1 is 0.595 bits per heavy atom. The number of benzene rings is 2. The summed E-state index contributed by atoms with van der Waals surface area (Å²) in [5.74, 6) is -0.0650. The van der Waals surface area contributed by atoms with Crippen molar-refractivity contribution in [3.63, 3.8) is 0 Å². The molecule has 6 atom stereocenters. The molecular weight excluding hydrogens is 502 g/mol. The van der Waals surface area contributed by atoms with Gasteiger partial charge in [-0.1, -0.05) is 0 Å². The molecule has 6 unspecified atom stereocenters. The summed E-state index contributed by atoms with van der Waals surface area (Å²) in [7, 11) is 0. The third-order valence-electron chi connectivity index (χ3n) is 8.11. The molecule has 5 rings (SSSR count). The van der Waals surface area contributed by atoms with Gasteiger partial charge in [-0.2, -0.15) is 26.3 Å². The Bertz CT molecular complexity index is 1060. The van der Waals surface area contributed by atoms with Gasteiger partial charge in [-0.15, -0.1) is 0 Å². The molecule has 3 aliphatic rings. The summed E-state index contributed by atoms with van der Waals surface area (Å²) in [6, 6.07) is 7.35. The monoisotopic (exact) mass is 526 g/mol. The largest absolute Gasteiger partial charge is 0.455 e. The van der Waals surface area contributed by atoms with Crippen LogP contribution in [0.2, 0.25) is 0 Å². The van der Waals surface area contributed by atoms with Crippen LogP contribution in [0.15, 0.2) is 48.5 Å². The van der Waals surface area contributed by atoms with E-state index in [-0.39, 0.29) is 11.1 Å². The van der Waals surface area contributed by atoms with E-state index in [4.69, 9.17) is 9.47 Å². The molecule has 2 aromatic rings. The van der Waals surface area contributed by atoms with E-state index in [0.29, 0.717) is 36.5 Å². The first-order valence-corrected chi connectivity index (χ1v) is 12.2. The summed E-state index contributed by atoms with van der Waals surface area (Å²) in [6.45, 7) is 0. The maximum absolute atomic E-state index is 12.9. The minimum absolute atomic E-state index is 0.0594. The topological polar surface area (TPSA) is 52.6 Å². The summed E-state index contributed by atoms with van der Waals surface area (Å²) in [6.07, 6.45) is -6.55. The van der Waals surface area contributed by atoms with Gasteiger partial charge >= 0.3 is 24.3 Å². The lowest BCUT2D eigenvalue weighted by molar-refractivity contribution is -0.138. The molecule has 0 radical (unpaired) electrons. The van der Waals surface area contributed by atoms with Crippen LogP contribution in [0.3, 0.4) is 0 Å². The van der Waals surface area contributed by atoms with Crippen LogP contribution in [0.5, 0.6) is 0 Å². The van der Waals surface area contributed by atoms with Crippen LogP contribution in [-0.4, -0.2) is 24.1 Å². The third kappa shape index (κ3) is 5.20. The van der Waals surface area contributed by atoms with Crippen LogP contribution in [0.25, 0.3) is 0 Å². The highest BCUT2D eigenvalue weighted by atomic mass is 19.4. The fourth-order valence-electron chi connectivity index (χ4n) is 6.35. The van der Waals surface area contributed by atoms with Gasteiger partial charge in [0.25, 0.3) is 0 Å². The SMILES string of the molecule is O=C(OC1CC2C3CCC(C3)C2CC1OC(=O)c1ccc(C(F)(F)F)cc1)c1ccc(C(F)(F)F)cc1. The Balaban J connectivity index is 1.32. The van der Waals surface area contributed by atoms with Crippen LogP contribution in [0, 0.1) is 23.7 Å². The molecular formula is C27H24F6O4. The Morgan fingerprint density at radius 3 is 1.27 bits per heavy atom. The minimum Gasteiger partial charge on any atom is -0.455 e. The molecule has 2 aromatic carbocycles. The molecule has 10 heteroatoms. The van der Waals surface area contributed by atoms with Gasteiger partial charge < -0.3 is 9.47 Å². The molecule has 2 bridgehead atoms. The first-order chi connectivity index (χ1) is 17.4. The van der Waals surface area contributed by atoms with Crippen molar-refractivity contribution in [2.24, 2.45) is 23.7 Å². The second-order valence-electron chi connectivity index (χ2n) is 10.2. The molecule has 3 aliphatic carbocycles. The van der Waals surface area contributed by atoms with Gasteiger partial charge in [0.15, 0.2) is 0 Å². The van der Waals surface area contributed by atoms with Crippen LogP contribution in [0.1, 0.15) is 63.9 Å². The molecule has 4 nitrogen and oxygen atoms in total. The van der Waals surface area contributed by atoms with Crippen molar-refractivity contribution in [1.82, 2.24) is 0 Å².